The first-order valence-corrected chi connectivity index (χ1v) is 10.4. The Bertz CT molecular complexity index is 624. The molecule has 2 aliphatic heterocycles. The van der Waals surface area contributed by atoms with Gasteiger partial charge in [-0.05, 0) is 51.3 Å². The van der Waals surface area contributed by atoms with E-state index in [1.54, 1.807) is 18.2 Å². The van der Waals surface area contributed by atoms with Crippen LogP contribution in [-0.2, 0) is 0 Å². The number of nitrogens with zero attached hydrogens (tertiary/aromatic N) is 3. The third-order valence-corrected chi connectivity index (χ3v) is 5.56. The molecule has 3 rings (SSSR count). The van der Waals surface area contributed by atoms with E-state index in [0.29, 0.717) is 11.5 Å². The molecule has 2 atom stereocenters. The van der Waals surface area contributed by atoms with Crippen molar-refractivity contribution in [2.45, 2.75) is 38.7 Å². The summed E-state index contributed by atoms with van der Waals surface area (Å²) < 4.78 is 13.8. The van der Waals surface area contributed by atoms with Crippen molar-refractivity contribution < 1.29 is 9.50 Å². The van der Waals surface area contributed by atoms with E-state index in [1.165, 1.54) is 51.4 Å². The minimum Gasteiger partial charge on any atom is -0.386 e. The van der Waals surface area contributed by atoms with Crippen molar-refractivity contribution in [3.8, 4) is 0 Å². The monoisotopic (exact) mass is 504 g/mol. The van der Waals surface area contributed by atoms with Gasteiger partial charge in [0.1, 0.15) is 11.9 Å². The van der Waals surface area contributed by atoms with E-state index in [4.69, 9.17) is 0 Å². The van der Waals surface area contributed by atoms with E-state index in [1.807, 2.05) is 6.92 Å². The number of guanidine groups is 1. The molecule has 2 saturated heterocycles. The molecule has 158 valence electrons. The van der Waals surface area contributed by atoms with E-state index in [2.05, 4.69) is 20.1 Å². The lowest BCUT2D eigenvalue weighted by Crippen LogP contribution is -2.41. The summed E-state index contributed by atoms with van der Waals surface area (Å²) in [7, 11) is 0. The van der Waals surface area contributed by atoms with Gasteiger partial charge in [0.05, 0.1) is 6.54 Å². The summed E-state index contributed by atoms with van der Waals surface area (Å²) in [5, 5.41) is 13.7. The second-order valence-corrected chi connectivity index (χ2v) is 7.69. The third kappa shape index (κ3) is 6.56. The van der Waals surface area contributed by atoms with Crippen LogP contribution in [0.4, 0.5) is 4.39 Å². The zero-order chi connectivity index (χ0) is 19.1. The summed E-state index contributed by atoms with van der Waals surface area (Å²) in [6.07, 6.45) is 4.28. The van der Waals surface area contributed by atoms with E-state index in [-0.39, 0.29) is 36.3 Å². The molecule has 7 heteroatoms. The Labute approximate surface area is 185 Å². The highest BCUT2D eigenvalue weighted by Gasteiger charge is 2.27. The first-order chi connectivity index (χ1) is 13.2. The summed E-state index contributed by atoms with van der Waals surface area (Å²) in [5.74, 6) is 1.12. The molecular weight excluding hydrogens is 470 g/mol. The van der Waals surface area contributed by atoms with E-state index in [9.17, 15) is 9.50 Å². The van der Waals surface area contributed by atoms with Crippen molar-refractivity contribution in [1.82, 2.24) is 15.1 Å². The fourth-order valence-corrected chi connectivity index (χ4v) is 4.12. The molecule has 28 heavy (non-hydrogen) atoms. The molecule has 0 saturated carbocycles. The number of piperidine rings is 1. The molecular formula is C21H34FIN4O. The van der Waals surface area contributed by atoms with Crippen LogP contribution in [0.2, 0.25) is 0 Å². The minimum atomic E-state index is -0.924. The van der Waals surface area contributed by atoms with Crippen molar-refractivity contribution in [2.75, 3.05) is 45.8 Å². The third-order valence-electron chi connectivity index (χ3n) is 5.56. The van der Waals surface area contributed by atoms with Gasteiger partial charge in [0.25, 0.3) is 0 Å². The molecule has 0 radical (unpaired) electrons. The zero-order valence-electron chi connectivity index (χ0n) is 16.8. The fraction of sp³-hybridized carbons (Fsp3) is 0.667. The Kier molecular flexibility index (Phi) is 9.94. The SMILES string of the molecule is CCNC(=NCC(O)c1ccccc1F)N1CCC(CN2CCCCC2)C1.I. The fourth-order valence-electron chi connectivity index (χ4n) is 4.12. The number of hydrogen-bond acceptors (Lipinski definition) is 3. The lowest BCUT2D eigenvalue weighted by Gasteiger charge is -2.29. The molecule has 2 fully saturated rings. The van der Waals surface area contributed by atoms with Crippen molar-refractivity contribution in [3.05, 3.63) is 35.6 Å². The van der Waals surface area contributed by atoms with Crippen LogP contribution in [0.25, 0.3) is 0 Å². The number of rotatable bonds is 6. The van der Waals surface area contributed by atoms with E-state index in [0.717, 1.165) is 25.6 Å². The molecule has 0 bridgehead atoms. The molecule has 0 aromatic heterocycles. The van der Waals surface area contributed by atoms with Crippen LogP contribution in [0.5, 0.6) is 0 Å². The molecule has 0 spiro atoms. The average Bonchev–Trinajstić information content (AvgIpc) is 3.14. The van der Waals surface area contributed by atoms with Gasteiger partial charge in [-0.1, -0.05) is 24.6 Å². The zero-order valence-corrected chi connectivity index (χ0v) is 19.1. The first kappa shape index (κ1) is 23.3. The summed E-state index contributed by atoms with van der Waals surface area (Å²) in [6, 6.07) is 6.36. The van der Waals surface area contributed by atoms with Gasteiger partial charge in [0.15, 0.2) is 5.96 Å². The molecule has 2 aliphatic rings. The number of benzene rings is 1. The number of aliphatic hydroxyl groups is 1. The normalized spacial score (nSPS) is 22.0. The van der Waals surface area contributed by atoms with E-state index < -0.39 is 6.10 Å². The second-order valence-electron chi connectivity index (χ2n) is 7.69. The van der Waals surface area contributed by atoms with Gasteiger partial charge < -0.3 is 20.2 Å². The standard InChI is InChI=1S/C21H33FN4O.HI/c1-2-23-21(24-14-20(27)18-8-4-5-9-19(18)22)26-13-10-17(16-26)15-25-11-6-3-7-12-25;/h4-5,8-9,17,20,27H,2-3,6-7,10-16H2,1H3,(H,23,24);1H. The maximum absolute atomic E-state index is 13.8. The van der Waals surface area contributed by atoms with Crippen LogP contribution in [0.3, 0.4) is 0 Å². The number of hydrogen-bond donors (Lipinski definition) is 2. The molecule has 0 aliphatic carbocycles. The molecule has 1 aromatic rings. The highest BCUT2D eigenvalue weighted by atomic mass is 127. The number of likely N-dealkylation sites (tertiary alicyclic amines) is 2. The summed E-state index contributed by atoms with van der Waals surface area (Å²) >= 11 is 0. The van der Waals surface area contributed by atoms with Crippen LogP contribution in [-0.4, -0.2) is 66.7 Å². The van der Waals surface area contributed by atoms with Crippen molar-refractivity contribution in [3.63, 3.8) is 0 Å². The Morgan fingerprint density at radius 3 is 2.71 bits per heavy atom. The maximum Gasteiger partial charge on any atom is 0.194 e. The molecule has 0 amide bonds. The van der Waals surface area contributed by atoms with Crippen molar-refractivity contribution in [2.24, 2.45) is 10.9 Å². The van der Waals surface area contributed by atoms with Crippen LogP contribution < -0.4 is 5.32 Å². The average molecular weight is 504 g/mol. The predicted octanol–water partition coefficient (Wildman–Crippen LogP) is 3.25. The molecule has 5 nitrogen and oxygen atoms in total. The van der Waals surface area contributed by atoms with Gasteiger partial charge in [-0.2, -0.15) is 0 Å². The van der Waals surface area contributed by atoms with Gasteiger partial charge in [-0.15, -0.1) is 24.0 Å². The van der Waals surface area contributed by atoms with Crippen molar-refractivity contribution >= 4 is 29.9 Å². The molecule has 1 aromatic carbocycles. The molecule has 2 N–H and O–H groups in total. The smallest absolute Gasteiger partial charge is 0.194 e. The van der Waals surface area contributed by atoms with Gasteiger partial charge in [0, 0.05) is 31.7 Å². The van der Waals surface area contributed by atoms with Crippen LogP contribution in [0, 0.1) is 11.7 Å². The number of halogens is 2. The number of aliphatic hydroxyl groups excluding tert-OH is 1. The summed E-state index contributed by atoms with van der Waals surface area (Å²) in [6.45, 7) is 8.62. The molecule has 2 unspecified atom stereocenters. The van der Waals surface area contributed by atoms with Crippen LogP contribution in [0.1, 0.15) is 44.3 Å². The second kappa shape index (κ2) is 11.9. The largest absolute Gasteiger partial charge is 0.386 e. The summed E-state index contributed by atoms with van der Waals surface area (Å²) in [4.78, 5) is 9.48. The van der Waals surface area contributed by atoms with Gasteiger partial charge in [0.2, 0.25) is 0 Å². The maximum atomic E-state index is 13.8. The topological polar surface area (TPSA) is 51.1 Å². The number of nitrogens with one attached hydrogen (secondary N) is 1. The minimum absolute atomic E-state index is 0. The van der Waals surface area contributed by atoms with Gasteiger partial charge in [-0.25, -0.2) is 4.39 Å². The van der Waals surface area contributed by atoms with E-state index >= 15 is 0 Å². The molecule has 2 heterocycles. The highest BCUT2D eigenvalue weighted by Crippen LogP contribution is 2.21. The Balaban J connectivity index is 0.00000280. The Morgan fingerprint density at radius 1 is 1.25 bits per heavy atom. The van der Waals surface area contributed by atoms with Crippen molar-refractivity contribution in [1.29, 1.82) is 0 Å². The van der Waals surface area contributed by atoms with Gasteiger partial charge >= 0.3 is 0 Å². The first-order valence-electron chi connectivity index (χ1n) is 10.4. The van der Waals surface area contributed by atoms with Crippen LogP contribution in [0.15, 0.2) is 29.3 Å². The Hall–Kier alpha value is -0.930. The van der Waals surface area contributed by atoms with Gasteiger partial charge in [-0.3, -0.25) is 4.99 Å². The lowest BCUT2D eigenvalue weighted by atomic mass is 10.1. The highest BCUT2D eigenvalue weighted by molar-refractivity contribution is 14.0. The number of aliphatic imine (C=N–C) groups is 1. The quantitative estimate of drug-likeness (QED) is 0.355. The predicted molar refractivity (Wildman–Crippen MR) is 123 cm³/mol. The van der Waals surface area contributed by atoms with Crippen LogP contribution >= 0.6 is 24.0 Å². The summed E-state index contributed by atoms with van der Waals surface area (Å²) in [5.41, 5.74) is 0.307. The Morgan fingerprint density at radius 2 is 2.00 bits per heavy atom. The lowest BCUT2D eigenvalue weighted by molar-refractivity contribution is 0.181.